The summed E-state index contributed by atoms with van der Waals surface area (Å²) in [4.78, 5) is 0. The number of hydrogen-bond donors (Lipinski definition) is 1. The molecule has 0 saturated carbocycles. The van der Waals surface area contributed by atoms with Gasteiger partial charge in [0, 0.05) is 6.61 Å². The average molecular weight is 371 g/mol. The molecule has 1 N–H and O–H groups in total. The third kappa shape index (κ3) is 13.7. The molecule has 0 saturated heterocycles. The number of hydrogen-bond acceptors (Lipinski definition) is 2. The topological polar surface area (TPSA) is 29.5 Å². The highest BCUT2D eigenvalue weighted by molar-refractivity contribution is 6.74. The highest BCUT2D eigenvalue weighted by Gasteiger charge is 2.36. The first-order chi connectivity index (χ1) is 11.7. The van der Waals surface area contributed by atoms with Crippen molar-refractivity contribution in [3.05, 3.63) is 12.2 Å². The van der Waals surface area contributed by atoms with Crippen LogP contribution in [-0.4, -0.2) is 26.1 Å². The Morgan fingerprint density at radius 2 is 1.48 bits per heavy atom. The smallest absolute Gasteiger partial charge is 0.191 e. The van der Waals surface area contributed by atoms with Crippen LogP contribution < -0.4 is 0 Å². The second-order valence-electron chi connectivity index (χ2n) is 9.01. The summed E-state index contributed by atoms with van der Waals surface area (Å²) in [6, 6.07) is 0. The zero-order valence-electron chi connectivity index (χ0n) is 18.1. The van der Waals surface area contributed by atoms with Crippen molar-refractivity contribution in [2.45, 2.75) is 123 Å². The Balaban J connectivity index is 3.57. The van der Waals surface area contributed by atoms with Gasteiger partial charge in [-0.2, -0.15) is 0 Å². The normalized spacial score (nSPS) is 14.4. The van der Waals surface area contributed by atoms with Crippen LogP contribution >= 0.6 is 0 Å². The first-order valence-corrected chi connectivity index (χ1v) is 13.6. The van der Waals surface area contributed by atoms with Gasteiger partial charge in [0.25, 0.3) is 0 Å². The molecule has 0 fully saturated rings. The van der Waals surface area contributed by atoms with Crippen LogP contribution in [0.2, 0.25) is 18.1 Å². The van der Waals surface area contributed by atoms with Crippen molar-refractivity contribution >= 4 is 8.32 Å². The maximum absolute atomic E-state index is 10.0. The summed E-state index contributed by atoms with van der Waals surface area (Å²) in [5.41, 5.74) is 0. The number of aliphatic hydroxyl groups is 1. The van der Waals surface area contributed by atoms with Crippen LogP contribution in [0.5, 0.6) is 0 Å². The third-order valence-electron chi connectivity index (χ3n) is 5.50. The molecule has 2 nitrogen and oxygen atoms in total. The molecule has 150 valence electrons. The predicted molar refractivity (Wildman–Crippen MR) is 115 cm³/mol. The van der Waals surface area contributed by atoms with E-state index in [1.807, 2.05) is 6.08 Å². The lowest BCUT2D eigenvalue weighted by molar-refractivity contribution is 0.207. The minimum Gasteiger partial charge on any atom is -0.417 e. The molecule has 0 aliphatic rings. The number of allylic oxidation sites excluding steroid dienone is 1. The molecule has 3 heteroatoms. The molecule has 0 spiro atoms. The van der Waals surface area contributed by atoms with Crippen LogP contribution in [0.15, 0.2) is 12.2 Å². The molecule has 0 aromatic carbocycles. The largest absolute Gasteiger partial charge is 0.417 e. The Hall–Kier alpha value is -0.123. The van der Waals surface area contributed by atoms with Crippen LogP contribution in [0.4, 0.5) is 0 Å². The summed E-state index contributed by atoms with van der Waals surface area (Å²) < 4.78 is 6.17. The fourth-order valence-corrected chi connectivity index (χ4v) is 3.67. The van der Waals surface area contributed by atoms with E-state index in [-0.39, 0.29) is 11.1 Å². The predicted octanol–water partition coefficient (Wildman–Crippen LogP) is 7.24. The van der Waals surface area contributed by atoms with E-state index in [1.54, 1.807) is 0 Å². The van der Waals surface area contributed by atoms with Crippen molar-refractivity contribution in [1.82, 2.24) is 0 Å². The molecule has 1 unspecified atom stereocenters. The van der Waals surface area contributed by atoms with Crippen LogP contribution in [0.3, 0.4) is 0 Å². The van der Waals surface area contributed by atoms with E-state index in [2.05, 4.69) is 46.9 Å². The number of aliphatic hydroxyl groups excluding tert-OH is 1. The molecule has 0 aromatic heterocycles. The monoisotopic (exact) mass is 370 g/mol. The van der Waals surface area contributed by atoms with Crippen molar-refractivity contribution in [3.8, 4) is 0 Å². The Labute approximate surface area is 159 Å². The van der Waals surface area contributed by atoms with Crippen LogP contribution in [-0.2, 0) is 4.43 Å². The number of unbranched alkanes of at least 4 members (excludes halogenated alkanes) is 8. The molecule has 0 rings (SSSR count). The second-order valence-corrected chi connectivity index (χ2v) is 13.8. The van der Waals surface area contributed by atoms with Crippen molar-refractivity contribution in [2.24, 2.45) is 0 Å². The Kier molecular flexibility index (Phi) is 13.9. The standard InChI is InChI=1S/C22H46O2Si/c1-7-8-9-10-11-12-13-15-18-21(23)19-16-14-17-20-24-25(5,6)22(2,3)4/h16,19,21,23H,7-15,17-18,20H2,1-6H3/b19-16+. The fraction of sp³-hybridized carbons (Fsp3) is 0.909. The first kappa shape index (κ1) is 24.9. The summed E-state index contributed by atoms with van der Waals surface area (Å²) in [6.45, 7) is 14.5. The molecule has 0 aromatic rings. The minimum atomic E-state index is -1.60. The van der Waals surface area contributed by atoms with Gasteiger partial charge in [0.05, 0.1) is 6.10 Å². The number of rotatable bonds is 15. The molecule has 0 radical (unpaired) electrons. The van der Waals surface area contributed by atoms with Gasteiger partial charge < -0.3 is 9.53 Å². The quantitative estimate of drug-likeness (QED) is 0.187. The highest BCUT2D eigenvalue weighted by atomic mass is 28.4. The Bertz CT molecular complexity index is 331. The summed E-state index contributed by atoms with van der Waals surface area (Å²) in [6.07, 6.45) is 17.4. The minimum absolute atomic E-state index is 0.263. The molecule has 0 aliphatic heterocycles. The lowest BCUT2D eigenvalue weighted by Crippen LogP contribution is -2.40. The summed E-state index contributed by atoms with van der Waals surface area (Å²) in [5.74, 6) is 0. The van der Waals surface area contributed by atoms with Crippen molar-refractivity contribution < 1.29 is 9.53 Å². The maximum Gasteiger partial charge on any atom is 0.191 e. The second kappa shape index (κ2) is 14.0. The van der Waals surface area contributed by atoms with Gasteiger partial charge in [0.1, 0.15) is 0 Å². The molecule has 0 aliphatic carbocycles. The maximum atomic E-state index is 10.0. The van der Waals surface area contributed by atoms with Gasteiger partial charge in [0.2, 0.25) is 0 Å². The molecule has 1 atom stereocenters. The van der Waals surface area contributed by atoms with E-state index in [0.717, 1.165) is 32.3 Å². The highest BCUT2D eigenvalue weighted by Crippen LogP contribution is 2.36. The molecular weight excluding hydrogens is 324 g/mol. The SMILES string of the molecule is CCCCCCCCCCC(O)/C=C/CCCO[Si](C)(C)C(C)(C)C. The van der Waals surface area contributed by atoms with Crippen LogP contribution in [0.25, 0.3) is 0 Å². The van der Waals surface area contributed by atoms with E-state index in [1.165, 1.54) is 44.9 Å². The van der Waals surface area contributed by atoms with E-state index in [9.17, 15) is 5.11 Å². The lowest BCUT2D eigenvalue weighted by atomic mass is 10.1. The lowest BCUT2D eigenvalue weighted by Gasteiger charge is -2.36. The fourth-order valence-electron chi connectivity index (χ4n) is 2.58. The summed E-state index contributed by atoms with van der Waals surface area (Å²) in [5, 5.41) is 10.3. The molecule has 0 bridgehead atoms. The van der Waals surface area contributed by atoms with E-state index >= 15 is 0 Å². The molecule has 25 heavy (non-hydrogen) atoms. The molecule has 0 heterocycles. The zero-order chi connectivity index (χ0) is 19.2. The molecule has 0 amide bonds. The van der Waals surface area contributed by atoms with Gasteiger partial charge in [-0.15, -0.1) is 0 Å². The van der Waals surface area contributed by atoms with Crippen LogP contribution in [0, 0.1) is 0 Å². The van der Waals surface area contributed by atoms with Gasteiger partial charge >= 0.3 is 0 Å². The van der Waals surface area contributed by atoms with Crippen molar-refractivity contribution in [2.75, 3.05) is 6.61 Å². The Morgan fingerprint density at radius 3 is 2.04 bits per heavy atom. The summed E-state index contributed by atoms with van der Waals surface area (Å²) >= 11 is 0. The van der Waals surface area contributed by atoms with Crippen LogP contribution in [0.1, 0.15) is 98.3 Å². The zero-order valence-corrected chi connectivity index (χ0v) is 19.1. The van der Waals surface area contributed by atoms with Gasteiger partial charge in [-0.25, -0.2) is 0 Å². The van der Waals surface area contributed by atoms with Gasteiger partial charge in [-0.05, 0) is 37.4 Å². The van der Waals surface area contributed by atoms with Crippen molar-refractivity contribution in [3.63, 3.8) is 0 Å². The van der Waals surface area contributed by atoms with E-state index < -0.39 is 8.32 Å². The Morgan fingerprint density at radius 1 is 0.920 bits per heavy atom. The van der Waals surface area contributed by atoms with Gasteiger partial charge in [-0.1, -0.05) is 91.2 Å². The molecular formula is C22H46O2Si. The van der Waals surface area contributed by atoms with E-state index in [0.29, 0.717) is 0 Å². The third-order valence-corrected chi connectivity index (χ3v) is 10.0. The van der Waals surface area contributed by atoms with Gasteiger partial charge in [0.15, 0.2) is 8.32 Å². The van der Waals surface area contributed by atoms with E-state index in [4.69, 9.17) is 4.43 Å². The average Bonchev–Trinajstić information content (AvgIpc) is 2.52. The van der Waals surface area contributed by atoms with Crippen molar-refractivity contribution in [1.29, 1.82) is 0 Å². The van der Waals surface area contributed by atoms with Gasteiger partial charge in [-0.3, -0.25) is 0 Å². The first-order valence-electron chi connectivity index (χ1n) is 10.7. The summed E-state index contributed by atoms with van der Waals surface area (Å²) in [7, 11) is -1.60.